The Morgan fingerprint density at radius 2 is 0.977 bits per heavy atom. The van der Waals surface area contributed by atoms with Gasteiger partial charge < -0.3 is 20.6 Å². The summed E-state index contributed by atoms with van der Waals surface area (Å²) in [6, 6.07) is -0.770. The third kappa shape index (κ3) is 30.3. The fourth-order valence-corrected chi connectivity index (χ4v) is 5.19. The van der Waals surface area contributed by atoms with Crippen LogP contribution < -0.4 is 5.32 Å². The molecule has 0 aromatic carbocycles. The second-order valence-electron chi connectivity index (χ2n) is 12.5. The molecule has 0 bridgehead atoms. The number of carbonyl (C=O) groups excluding carboxylic acids is 1. The molecule has 5 nitrogen and oxygen atoms in total. The maximum absolute atomic E-state index is 12.3. The van der Waals surface area contributed by atoms with Gasteiger partial charge in [-0.3, -0.25) is 4.79 Å². The number of hydrogen-bond donors (Lipinski definition) is 4. The standard InChI is InChI=1S/C39H71NO4/c1-3-5-7-9-11-13-15-17-18-19-21-22-24-26-28-30-32-36(42)34-39(44)40-37(35-41)38(43)33-31-29-27-25-23-20-16-14-12-10-8-6-4-2/h12,14,21-23,25,31,33,36-38,41-43H,3-11,13,15-20,24,26-30,32,34-35H2,1-2H3,(H,40,44)/b14-12+,22-21-,25-23+,33-31+. The van der Waals surface area contributed by atoms with Gasteiger partial charge in [0.1, 0.15) is 0 Å². The second kappa shape index (κ2) is 34.2. The lowest BCUT2D eigenvalue weighted by atomic mass is 10.0. The van der Waals surface area contributed by atoms with E-state index in [0.29, 0.717) is 6.42 Å². The molecule has 0 radical (unpaired) electrons. The quantitative estimate of drug-likeness (QED) is 0.0447. The van der Waals surface area contributed by atoms with E-state index in [4.69, 9.17) is 0 Å². The maximum Gasteiger partial charge on any atom is 0.222 e. The van der Waals surface area contributed by atoms with Gasteiger partial charge in [-0.15, -0.1) is 0 Å². The summed E-state index contributed by atoms with van der Waals surface area (Å²) in [6.07, 6.45) is 42.3. The molecule has 4 N–H and O–H groups in total. The number of rotatable bonds is 32. The van der Waals surface area contributed by atoms with E-state index in [1.54, 1.807) is 6.08 Å². The van der Waals surface area contributed by atoms with E-state index in [1.807, 2.05) is 6.08 Å². The molecule has 0 heterocycles. The number of allylic oxidation sites excluding steroid dienone is 7. The lowest BCUT2D eigenvalue weighted by molar-refractivity contribution is -0.124. The molecule has 0 spiro atoms. The Labute approximate surface area is 272 Å². The molecule has 1 amide bonds. The molecule has 5 heteroatoms. The average molecular weight is 618 g/mol. The van der Waals surface area contributed by atoms with Crippen molar-refractivity contribution in [1.82, 2.24) is 5.32 Å². The fraction of sp³-hybridized carbons (Fsp3) is 0.769. The van der Waals surface area contributed by atoms with Crippen molar-refractivity contribution in [2.75, 3.05) is 6.61 Å². The second-order valence-corrected chi connectivity index (χ2v) is 12.5. The number of amides is 1. The highest BCUT2D eigenvalue weighted by Crippen LogP contribution is 2.12. The number of nitrogens with one attached hydrogen (secondary N) is 1. The molecule has 0 saturated carbocycles. The van der Waals surface area contributed by atoms with Gasteiger partial charge in [0, 0.05) is 0 Å². The van der Waals surface area contributed by atoms with Crippen molar-refractivity contribution < 1.29 is 20.1 Å². The van der Waals surface area contributed by atoms with Gasteiger partial charge in [-0.25, -0.2) is 0 Å². The Morgan fingerprint density at radius 3 is 1.50 bits per heavy atom. The van der Waals surface area contributed by atoms with E-state index in [9.17, 15) is 20.1 Å². The summed E-state index contributed by atoms with van der Waals surface area (Å²) in [6.45, 7) is 4.13. The predicted octanol–water partition coefficient (Wildman–Crippen LogP) is 9.81. The highest BCUT2D eigenvalue weighted by Gasteiger charge is 2.20. The summed E-state index contributed by atoms with van der Waals surface area (Å²) in [5.41, 5.74) is 0. The summed E-state index contributed by atoms with van der Waals surface area (Å²) >= 11 is 0. The molecule has 3 atom stereocenters. The zero-order valence-corrected chi connectivity index (χ0v) is 28.8. The zero-order chi connectivity index (χ0) is 32.4. The number of aliphatic hydroxyl groups is 3. The monoisotopic (exact) mass is 618 g/mol. The van der Waals surface area contributed by atoms with Crippen molar-refractivity contribution in [3.63, 3.8) is 0 Å². The van der Waals surface area contributed by atoms with Crippen LogP contribution in [0.25, 0.3) is 0 Å². The molecular weight excluding hydrogens is 546 g/mol. The van der Waals surface area contributed by atoms with E-state index >= 15 is 0 Å². The van der Waals surface area contributed by atoms with Crippen molar-refractivity contribution in [3.8, 4) is 0 Å². The van der Waals surface area contributed by atoms with Crippen LogP contribution in [0, 0.1) is 0 Å². The van der Waals surface area contributed by atoms with E-state index in [0.717, 1.165) is 51.4 Å². The van der Waals surface area contributed by atoms with Gasteiger partial charge >= 0.3 is 0 Å². The zero-order valence-electron chi connectivity index (χ0n) is 28.8. The molecule has 44 heavy (non-hydrogen) atoms. The van der Waals surface area contributed by atoms with Crippen LogP contribution in [0.5, 0.6) is 0 Å². The van der Waals surface area contributed by atoms with Crippen molar-refractivity contribution in [2.24, 2.45) is 0 Å². The van der Waals surface area contributed by atoms with Crippen molar-refractivity contribution in [1.29, 1.82) is 0 Å². The minimum atomic E-state index is -0.962. The third-order valence-electron chi connectivity index (χ3n) is 8.07. The normalized spacial score (nSPS) is 14.4. The van der Waals surface area contributed by atoms with E-state index in [-0.39, 0.29) is 18.9 Å². The summed E-state index contributed by atoms with van der Waals surface area (Å²) in [7, 11) is 0. The van der Waals surface area contributed by atoms with Gasteiger partial charge in [0.15, 0.2) is 0 Å². The topological polar surface area (TPSA) is 89.8 Å². The van der Waals surface area contributed by atoms with E-state index in [1.165, 1.54) is 89.9 Å². The minimum Gasteiger partial charge on any atom is -0.394 e. The van der Waals surface area contributed by atoms with Crippen molar-refractivity contribution >= 4 is 5.91 Å². The fourth-order valence-electron chi connectivity index (χ4n) is 5.19. The molecule has 0 aliphatic rings. The molecule has 0 aliphatic carbocycles. The predicted molar refractivity (Wildman–Crippen MR) is 190 cm³/mol. The number of carbonyl (C=O) groups is 1. The molecular formula is C39H71NO4. The first-order valence-electron chi connectivity index (χ1n) is 18.4. The largest absolute Gasteiger partial charge is 0.394 e. The summed E-state index contributed by atoms with van der Waals surface area (Å²) in [4.78, 5) is 12.3. The summed E-state index contributed by atoms with van der Waals surface area (Å²) < 4.78 is 0. The number of aliphatic hydroxyl groups excluding tert-OH is 3. The Morgan fingerprint density at radius 1 is 0.568 bits per heavy atom. The highest BCUT2D eigenvalue weighted by molar-refractivity contribution is 5.76. The Hall–Kier alpha value is -1.69. The van der Waals surface area contributed by atoms with Crippen molar-refractivity contribution in [2.45, 2.75) is 186 Å². The lowest BCUT2D eigenvalue weighted by Gasteiger charge is -2.20. The van der Waals surface area contributed by atoms with Gasteiger partial charge in [0.05, 0.1) is 31.3 Å². The molecule has 256 valence electrons. The number of unbranched alkanes of at least 4 members (excludes halogenated alkanes) is 17. The van der Waals surface area contributed by atoms with Crippen LogP contribution in [-0.4, -0.2) is 46.1 Å². The Bertz CT molecular complexity index is 730. The third-order valence-corrected chi connectivity index (χ3v) is 8.07. The summed E-state index contributed by atoms with van der Waals surface area (Å²) in [5.74, 6) is -0.342. The Balaban J connectivity index is 3.83. The maximum atomic E-state index is 12.3. The van der Waals surface area contributed by atoms with Crippen LogP contribution in [0.2, 0.25) is 0 Å². The molecule has 0 rings (SSSR count). The van der Waals surface area contributed by atoms with E-state index < -0.39 is 18.2 Å². The van der Waals surface area contributed by atoms with Crippen molar-refractivity contribution in [3.05, 3.63) is 48.6 Å². The van der Waals surface area contributed by atoms with Crippen LogP contribution in [0.4, 0.5) is 0 Å². The average Bonchev–Trinajstić information content (AvgIpc) is 3.01. The van der Waals surface area contributed by atoms with Crippen LogP contribution in [-0.2, 0) is 4.79 Å². The lowest BCUT2D eigenvalue weighted by Crippen LogP contribution is -2.45. The van der Waals surface area contributed by atoms with Crippen LogP contribution in [0.1, 0.15) is 168 Å². The number of hydrogen-bond acceptors (Lipinski definition) is 4. The van der Waals surface area contributed by atoms with Crippen LogP contribution >= 0.6 is 0 Å². The first-order valence-corrected chi connectivity index (χ1v) is 18.4. The Kier molecular flexibility index (Phi) is 32.9. The first-order chi connectivity index (χ1) is 21.5. The summed E-state index contributed by atoms with van der Waals surface area (Å²) in [5, 5.41) is 33.0. The van der Waals surface area contributed by atoms with Gasteiger partial charge in [-0.2, -0.15) is 0 Å². The van der Waals surface area contributed by atoms with Gasteiger partial charge in [-0.1, -0.05) is 140 Å². The van der Waals surface area contributed by atoms with E-state index in [2.05, 4.69) is 55.6 Å². The molecule has 3 unspecified atom stereocenters. The molecule has 0 fully saturated rings. The van der Waals surface area contributed by atoms with Crippen LogP contribution in [0.3, 0.4) is 0 Å². The molecule has 0 aromatic heterocycles. The minimum absolute atomic E-state index is 0.00962. The smallest absolute Gasteiger partial charge is 0.222 e. The van der Waals surface area contributed by atoms with Crippen LogP contribution in [0.15, 0.2) is 48.6 Å². The molecule has 0 saturated heterocycles. The van der Waals surface area contributed by atoms with Gasteiger partial charge in [0.2, 0.25) is 5.91 Å². The van der Waals surface area contributed by atoms with Gasteiger partial charge in [-0.05, 0) is 70.6 Å². The SMILES string of the molecule is CCCCC/C=C/CC/C=C/CC/C=C/C(O)C(CO)NC(=O)CC(O)CCCCC/C=C\CCCCCCCCCCC. The highest BCUT2D eigenvalue weighted by atomic mass is 16.3. The molecule has 0 aromatic rings. The molecule has 0 aliphatic heterocycles. The van der Waals surface area contributed by atoms with Gasteiger partial charge in [0.25, 0.3) is 0 Å². The first kappa shape index (κ1) is 42.3.